The molecule has 0 aromatic heterocycles. The Morgan fingerprint density at radius 2 is 2.00 bits per heavy atom. The molecule has 0 aliphatic heterocycles. The zero-order chi connectivity index (χ0) is 13.0. The summed E-state index contributed by atoms with van der Waals surface area (Å²) in [7, 11) is 0. The van der Waals surface area contributed by atoms with Crippen LogP contribution in [-0.2, 0) is 4.79 Å². The predicted octanol–water partition coefficient (Wildman–Crippen LogP) is 2.30. The molecule has 1 amide bonds. The maximum Gasteiger partial charge on any atom is 0.224 e. The lowest BCUT2D eigenvalue weighted by molar-refractivity contribution is -0.127. The summed E-state index contributed by atoms with van der Waals surface area (Å²) in [4.78, 5) is 12.2. The lowest BCUT2D eigenvalue weighted by atomic mass is 9.78. The minimum absolute atomic E-state index is 0.0216. The van der Waals surface area contributed by atoms with Gasteiger partial charge in [-0.15, -0.1) is 0 Å². The molecular weight excluding hydrogens is 212 g/mol. The summed E-state index contributed by atoms with van der Waals surface area (Å²) in [6, 6.07) is 0.310. The quantitative estimate of drug-likeness (QED) is 0.792. The summed E-state index contributed by atoms with van der Waals surface area (Å²) in [5, 5.41) is 3.11. The van der Waals surface area contributed by atoms with Crippen molar-refractivity contribution < 1.29 is 4.79 Å². The van der Waals surface area contributed by atoms with E-state index in [-0.39, 0.29) is 23.9 Å². The highest BCUT2D eigenvalue weighted by Gasteiger charge is 2.31. The Morgan fingerprint density at radius 3 is 2.59 bits per heavy atom. The first-order chi connectivity index (χ1) is 7.90. The first-order valence-corrected chi connectivity index (χ1v) is 6.96. The number of amides is 1. The van der Waals surface area contributed by atoms with Crippen molar-refractivity contribution in [3.63, 3.8) is 0 Å². The third-order valence-electron chi connectivity index (χ3n) is 3.72. The molecule has 4 unspecified atom stereocenters. The molecule has 0 saturated heterocycles. The van der Waals surface area contributed by atoms with Crippen LogP contribution in [0.25, 0.3) is 0 Å². The van der Waals surface area contributed by atoms with E-state index in [4.69, 9.17) is 5.73 Å². The second-order valence-corrected chi connectivity index (χ2v) is 6.23. The van der Waals surface area contributed by atoms with Gasteiger partial charge in [-0.3, -0.25) is 4.79 Å². The molecule has 0 aromatic carbocycles. The summed E-state index contributed by atoms with van der Waals surface area (Å²) in [5.74, 6) is 1.43. The topological polar surface area (TPSA) is 55.1 Å². The summed E-state index contributed by atoms with van der Waals surface area (Å²) < 4.78 is 0. The number of hydrogen-bond donors (Lipinski definition) is 2. The molecule has 1 saturated carbocycles. The first-order valence-electron chi connectivity index (χ1n) is 6.96. The van der Waals surface area contributed by atoms with Crippen molar-refractivity contribution >= 4 is 5.91 Å². The first kappa shape index (κ1) is 14.5. The maximum atomic E-state index is 12.2. The van der Waals surface area contributed by atoms with E-state index >= 15 is 0 Å². The Morgan fingerprint density at radius 1 is 1.35 bits per heavy atom. The Kier molecular flexibility index (Phi) is 5.44. The van der Waals surface area contributed by atoms with Crippen molar-refractivity contribution in [2.24, 2.45) is 23.5 Å². The number of hydrogen-bond acceptors (Lipinski definition) is 2. The van der Waals surface area contributed by atoms with Crippen LogP contribution in [0.15, 0.2) is 0 Å². The largest absolute Gasteiger partial charge is 0.353 e. The fourth-order valence-electron chi connectivity index (χ4n) is 2.82. The van der Waals surface area contributed by atoms with Gasteiger partial charge < -0.3 is 11.1 Å². The highest BCUT2D eigenvalue weighted by atomic mass is 16.2. The Balaban J connectivity index is 2.45. The lowest BCUT2D eigenvalue weighted by Crippen LogP contribution is -2.47. The zero-order valence-corrected chi connectivity index (χ0v) is 11.7. The van der Waals surface area contributed by atoms with Crippen molar-refractivity contribution in [2.75, 3.05) is 0 Å². The van der Waals surface area contributed by atoms with E-state index in [0.717, 1.165) is 25.7 Å². The van der Waals surface area contributed by atoms with Gasteiger partial charge in [-0.25, -0.2) is 0 Å². The monoisotopic (exact) mass is 240 g/mol. The van der Waals surface area contributed by atoms with Gasteiger partial charge in [-0.2, -0.15) is 0 Å². The smallest absolute Gasteiger partial charge is 0.224 e. The minimum atomic E-state index is 0.0216. The van der Waals surface area contributed by atoms with E-state index in [1.54, 1.807) is 0 Å². The average Bonchev–Trinajstić information content (AvgIpc) is 2.20. The highest BCUT2D eigenvalue weighted by molar-refractivity contribution is 5.79. The van der Waals surface area contributed by atoms with Crippen LogP contribution in [0.1, 0.15) is 53.4 Å². The van der Waals surface area contributed by atoms with E-state index in [1.165, 1.54) is 0 Å². The third kappa shape index (κ3) is 4.66. The second-order valence-electron chi connectivity index (χ2n) is 6.23. The van der Waals surface area contributed by atoms with Gasteiger partial charge in [0.2, 0.25) is 5.91 Å². The molecule has 0 radical (unpaired) electrons. The van der Waals surface area contributed by atoms with Crippen LogP contribution in [-0.4, -0.2) is 18.0 Å². The second kappa shape index (κ2) is 6.39. The molecule has 0 heterocycles. The molecule has 3 heteroatoms. The van der Waals surface area contributed by atoms with E-state index in [9.17, 15) is 4.79 Å². The molecule has 100 valence electrons. The fourth-order valence-corrected chi connectivity index (χ4v) is 2.82. The van der Waals surface area contributed by atoms with Crippen molar-refractivity contribution in [1.82, 2.24) is 5.32 Å². The fraction of sp³-hybridized carbons (Fsp3) is 0.929. The molecule has 1 rings (SSSR count). The zero-order valence-electron chi connectivity index (χ0n) is 11.7. The van der Waals surface area contributed by atoms with Crippen LogP contribution in [0.3, 0.4) is 0 Å². The highest BCUT2D eigenvalue weighted by Crippen LogP contribution is 2.28. The van der Waals surface area contributed by atoms with Crippen molar-refractivity contribution in [3.8, 4) is 0 Å². The standard InChI is InChI=1S/C14H28N2O/c1-9(2)7-11(4)16-14(17)12-8-10(3)5-6-13(12)15/h9-13H,5-8,15H2,1-4H3,(H,16,17). The molecule has 0 aromatic rings. The normalized spacial score (nSPS) is 31.3. The van der Waals surface area contributed by atoms with Gasteiger partial charge in [0.15, 0.2) is 0 Å². The van der Waals surface area contributed by atoms with Gasteiger partial charge in [0.1, 0.15) is 0 Å². The minimum Gasteiger partial charge on any atom is -0.353 e. The molecule has 4 atom stereocenters. The SMILES string of the molecule is CC(C)CC(C)NC(=O)C1CC(C)CCC1N. The van der Waals surface area contributed by atoms with Gasteiger partial charge in [0, 0.05) is 12.1 Å². The average molecular weight is 240 g/mol. The van der Waals surface area contributed by atoms with Crippen molar-refractivity contribution in [1.29, 1.82) is 0 Å². The Hall–Kier alpha value is -0.570. The Labute approximate surface area is 106 Å². The van der Waals surface area contributed by atoms with Crippen molar-refractivity contribution in [2.45, 2.75) is 65.5 Å². The Bertz CT molecular complexity index is 253. The number of carbonyl (C=O) groups excluding carboxylic acids is 1. The number of carbonyl (C=O) groups is 1. The molecule has 1 aliphatic carbocycles. The van der Waals surface area contributed by atoms with Gasteiger partial charge in [0.05, 0.1) is 5.92 Å². The summed E-state index contributed by atoms with van der Waals surface area (Å²) in [6.07, 6.45) is 4.12. The van der Waals surface area contributed by atoms with Crippen LogP contribution in [0, 0.1) is 17.8 Å². The molecule has 1 fully saturated rings. The molecular formula is C14H28N2O. The molecule has 17 heavy (non-hydrogen) atoms. The number of rotatable bonds is 4. The number of nitrogens with two attached hydrogens (primary N) is 1. The summed E-state index contributed by atoms with van der Waals surface area (Å²) in [6.45, 7) is 8.65. The molecule has 3 N–H and O–H groups in total. The molecule has 3 nitrogen and oxygen atoms in total. The van der Waals surface area contributed by atoms with Crippen LogP contribution in [0.5, 0.6) is 0 Å². The van der Waals surface area contributed by atoms with Gasteiger partial charge in [-0.05, 0) is 44.4 Å². The number of nitrogens with one attached hydrogen (secondary N) is 1. The van der Waals surface area contributed by atoms with E-state index < -0.39 is 0 Å². The van der Waals surface area contributed by atoms with Crippen LogP contribution in [0.2, 0.25) is 0 Å². The van der Waals surface area contributed by atoms with E-state index in [1.807, 2.05) is 0 Å². The van der Waals surface area contributed by atoms with Crippen LogP contribution in [0.4, 0.5) is 0 Å². The molecule has 1 aliphatic rings. The van der Waals surface area contributed by atoms with Gasteiger partial charge in [0.25, 0.3) is 0 Å². The molecule has 0 spiro atoms. The van der Waals surface area contributed by atoms with E-state index in [0.29, 0.717) is 11.8 Å². The van der Waals surface area contributed by atoms with Crippen LogP contribution < -0.4 is 11.1 Å². The maximum absolute atomic E-state index is 12.2. The molecule has 0 bridgehead atoms. The van der Waals surface area contributed by atoms with E-state index in [2.05, 4.69) is 33.0 Å². The lowest BCUT2D eigenvalue weighted by Gasteiger charge is -2.32. The summed E-state index contributed by atoms with van der Waals surface area (Å²) >= 11 is 0. The summed E-state index contributed by atoms with van der Waals surface area (Å²) in [5.41, 5.74) is 6.06. The predicted molar refractivity (Wildman–Crippen MR) is 71.5 cm³/mol. The van der Waals surface area contributed by atoms with Crippen LogP contribution >= 0.6 is 0 Å². The third-order valence-corrected chi connectivity index (χ3v) is 3.72. The van der Waals surface area contributed by atoms with Crippen molar-refractivity contribution in [3.05, 3.63) is 0 Å². The van der Waals surface area contributed by atoms with Gasteiger partial charge in [-0.1, -0.05) is 20.8 Å². The van der Waals surface area contributed by atoms with Gasteiger partial charge >= 0.3 is 0 Å².